The van der Waals surface area contributed by atoms with E-state index in [1.54, 1.807) is 24.3 Å². The Morgan fingerprint density at radius 1 is 1.26 bits per heavy atom. The van der Waals surface area contributed by atoms with Gasteiger partial charge in [0, 0.05) is 23.7 Å². The highest BCUT2D eigenvalue weighted by atomic mass is 16.5. The largest absolute Gasteiger partial charge is 0.497 e. The lowest BCUT2D eigenvalue weighted by molar-refractivity contribution is 0.0453. The lowest BCUT2D eigenvalue weighted by Gasteiger charge is -2.34. The van der Waals surface area contributed by atoms with Crippen LogP contribution in [0.1, 0.15) is 27.2 Å². The third-order valence-corrected chi connectivity index (χ3v) is 5.67. The molecular formula is C22H22N4O5. The van der Waals surface area contributed by atoms with Crippen LogP contribution in [0.5, 0.6) is 5.75 Å². The molecule has 9 nitrogen and oxygen atoms in total. The Bertz CT molecular complexity index is 1190. The van der Waals surface area contributed by atoms with E-state index >= 15 is 0 Å². The van der Waals surface area contributed by atoms with Crippen LogP contribution in [0.4, 0.5) is 4.79 Å². The quantitative estimate of drug-likeness (QED) is 0.668. The Labute approximate surface area is 178 Å². The summed E-state index contributed by atoms with van der Waals surface area (Å²) in [5.41, 5.74) is 1.89. The van der Waals surface area contributed by atoms with Gasteiger partial charge in [0.2, 0.25) is 5.71 Å². The second kappa shape index (κ2) is 7.28. The van der Waals surface area contributed by atoms with Crippen molar-refractivity contribution in [3.63, 3.8) is 0 Å². The van der Waals surface area contributed by atoms with Crippen molar-refractivity contribution in [2.24, 2.45) is 0 Å². The number of methoxy groups -OCH3 is 1. The van der Waals surface area contributed by atoms with E-state index in [1.807, 2.05) is 31.2 Å². The van der Waals surface area contributed by atoms with Crippen LogP contribution in [-0.2, 0) is 16.8 Å². The molecule has 0 spiro atoms. The molecule has 5 rings (SSSR count). The minimum absolute atomic E-state index is 0.0660. The number of amides is 3. The van der Waals surface area contributed by atoms with Crippen LogP contribution in [-0.4, -0.2) is 48.8 Å². The van der Waals surface area contributed by atoms with Crippen molar-refractivity contribution < 1.29 is 23.5 Å². The molecule has 2 aliphatic rings. The van der Waals surface area contributed by atoms with Crippen LogP contribution >= 0.6 is 0 Å². The molecule has 0 radical (unpaired) electrons. The number of carbonyl (C=O) groups is 2. The number of fused-ring (bicyclic) bond motifs is 2. The standard InChI is InChI=1S/C22H22N4O5/c1-13-5-15-6-18(31-19(15)23-8-13)22(11-30-12-24-21(28)25-22)10-26-9-14-3-4-16(29-2)7-17(14)20(26)27/h3-8H,9-12H2,1-2H3,(H2,24,25,28)/t22-/m1/s1. The van der Waals surface area contributed by atoms with Crippen LogP contribution in [0.15, 0.2) is 40.9 Å². The number of hydrogen-bond acceptors (Lipinski definition) is 6. The average Bonchev–Trinajstić information content (AvgIpc) is 3.25. The molecule has 9 heteroatoms. The normalized spacial score (nSPS) is 20.9. The average molecular weight is 422 g/mol. The van der Waals surface area contributed by atoms with Crippen LogP contribution in [0, 0.1) is 6.92 Å². The summed E-state index contributed by atoms with van der Waals surface area (Å²) in [4.78, 5) is 31.6. The zero-order chi connectivity index (χ0) is 21.6. The van der Waals surface area contributed by atoms with Gasteiger partial charge >= 0.3 is 6.03 Å². The number of nitrogens with zero attached hydrogens (tertiary/aromatic N) is 2. The molecule has 2 N–H and O–H groups in total. The predicted molar refractivity (Wildman–Crippen MR) is 111 cm³/mol. The lowest BCUT2D eigenvalue weighted by Crippen LogP contribution is -2.55. The van der Waals surface area contributed by atoms with Crippen molar-refractivity contribution in [3.8, 4) is 5.75 Å². The van der Waals surface area contributed by atoms with E-state index in [2.05, 4.69) is 15.6 Å². The molecule has 31 heavy (non-hydrogen) atoms. The van der Waals surface area contributed by atoms with E-state index in [-0.39, 0.29) is 25.8 Å². The number of urea groups is 1. The monoisotopic (exact) mass is 422 g/mol. The molecule has 0 aliphatic carbocycles. The summed E-state index contributed by atoms with van der Waals surface area (Å²) in [6.45, 7) is 2.74. The molecule has 1 saturated heterocycles. The number of aryl methyl sites for hydroxylation is 1. The zero-order valence-corrected chi connectivity index (χ0v) is 17.2. The molecule has 0 unspecified atom stereocenters. The van der Waals surface area contributed by atoms with Crippen LogP contribution in [0.2, 0.25) is 0 Å². The fourth-order valence-corrected chi connectivity index (χ4v) is 4.13. The maximum absolute atomic E-state index is 13.2. The molecule has 3 aromatic rings. The Balaban J connectivity index is 1.53. The first kappa shape index (κ1) is 19.4. The lowest BCUT2D eigenvalue weighted by atomic mass is 9.95. The van der Waals surface area contributed by atoms with Gasteiger partial charge in [0.1, 0.15) is 23.8 Å². The molecule has 160 valence electrons. The van der Waals surface area contributed by atoms with Gasteiger partial charge in [-0.1, -0.05) is 6.07 Å². The van der Waals surface area contributed by atoms with Gasteiger partial charge in [-0.2, -0.15) is 0 Å². The van der Waals surface area contributed by atoms with Crippen molar-refractivity contribution >= 4 is 23.0 Å². The number of hydrogen-bond donors (Lipinski definition) is 2. The summed E-state index contributed by atoms with van der Waals surface area (Å²) in [5.74, 6) is 0.974. The smallest absolute Gasteiger partial charge is 0.317 e. The van der Waals surface area contributed by atoms with Crippen molar-refractivity contribution in [1.82, 2.24) is 20.5 Å². The van der Waals surface area contributed by atoms with E-state index in [9.17, 15) is 9.59 Å². The van der Waals surface area contributed by atoms with E-state index < -0.39 is 11.6 Å². The summed E-state index contributed by atoms with van der Waals surface area (Å²) in [7, 11) is 1.57. The van der Waals surface area contributed by atoms with Crippen LogP contribution in [0.3, 0.4) is 0 Å². The number of nitrogens with one attached hydrogen (secondary N) is 2. The van der Waals surface area contributed by atoms with Gasteiger partial charge in [-0.3, -0.25) is 4.79 Å². The summed E-state index contributed by atoms with van der Waals surface area (Å²) < 4.78 is 17.0. The van der Waals surface area contributed by atoms with Crippen LogP contribution in [0.25, 0.3) is 11.1 Å². The van der Waals surface area contributed by atoms with Crippen LogP contribution < -0.4 is 15.4 Å². The highest BCUT2D eigenvalue weighted by molar-refractivity contribution is 5.98. The first-order chi connectivity index (χ1) is 15.0. The molecule has 1 atom stereocenters. The van der Waals surface area contributed by atoms with Gasteiger partial charge in [0.25, 0.3) is 5.91 Å². The third-order valence-electron chi connectivity index (χ3n) is 5.67. The zero-order valence-electron chi connectivity index (χ0n) is 17.2. The van der Waals surface area contributed by atoms with E-state index in [0.29, 0.717) is 29.3 Å². The maximum atomic E-state index is 13.2. The number of aromatic nitrogens is 1. The Kier molecular flexibility index (Phi) is 4.55. The number of ether oxygens (including phenoxy) is 2. The molecule has 3 amide bonds. The fourth-order valence-electron chi connectivity index (χ4n) is 4.13. The van der Waals surface area contributed by atoms with Gasteiger partial charge in [-0.25, -0.2) is 9.78 Å². The Morgan fingerprint density at radius 2 is 2.13 bits per heavy atom. The van der Waals surface area contributed by atoms with Crippen molar-refractivity contribution in [3.05, 3.63) is 59.0 Å². The molecule has 4 heterocycles. The predicted octanol–water partition coefficient (Wildman–Crippen LogP) is 2.28. The fraction of sp³-hybridized carbons (Fsp3) is 0.318. The summed E-state index contributed by atoms with van der Waals surface area (Å²) in [5, 5.41) is 6.42. The molecular weight excluding hydrogens is 400 g/mol. The number of benzene rings is 1. The number of furan rings is 1. The number of pyridine rings is 1. The maximum Gasteiger partial charge on any atom is 0.317 e. The highest BCUT2D eigenvalue weighted by Crippen LogP contribution is 2.33. The highest BCUT2D eigenvalue weighted by Gasteiger charge is 2.44. The molecule has 0 bridgehead atoms. The molecule has 2 aromatic heterocycles. The second-order valence-corrected chi connectivity index (χ2v) is 7.91. The summed E-state index contributed by atoms with van der Waals surface area (Å²) in [6.07, 6.45) is 1.72. The minimum atomic E-state index is -1.07. The summed E-state index contributed by atoms with van der Waals surface area (Å²) in [6, 6.07) is 8.87. The number of rotatable bonds is 4. The first-order valence-corrected chi connectivity index (χ1v) is 9.94. The Morgan fingerprint density at radius 3 is 2.97 bits per heavy atom. The van der Waals surface area contributed by atoms with Gasteiger partial charge in [-0.15, -0.1) is 0 Å². The van der Waals surface area contributed by atoms with Gasteiger partial charge < -0.3 is 29.4 Å². The Hall–Kier alpha value is -3.59. The summed E-state index contributed by atoms with van der Waals surface area (Å²) >= 11 is 0. The van der Waals surface area contributed by atoms with Crippen molar-refractivity contribution in [2.45, 2.75) is 19.0 Å². The minimum Gasteiger partial charge on any atom is -0.497 e. The number of carbonyl (C=O) groups excluding carboxylic acids is 2. The third kappa shape index (κ3) is 3.36. The molecule has 1 aromatic carbocycles. The van der Waals surface area contributed by atoms with E-state index in [0.717, 1.165) is 16.5 Å². The SMILES string of the molecule is COc1ccc2c(c1)C(=O)N(C[C@]1(c3cc4cc(C)cnc4o3)COCNC(=O)N1)C2. The molecule has 0 saturated carbocycles. The second-order valence-electron chi connectivity index (χ2n) is 7.91. The van der Waals surface area contributed by atoms with Gasteiger partial charge in [-0.05, 0) is 42.3 Å². The van der Waals surface area contributed by atoms with Gasteiger partial charge in [0.15, 0.2) is 0 Å². The van der Waals surface area contributed by atoms with E-state index in [4.69, 9.17) is 13.9 Å². The van der Waals surface area contributed by atoms with Gasteiger partial charge in [0.05, 0.1) is 20.3 Å². The molecule has 2 aliphatic heterocycles. The topological polar surface area (TPSA) is 106 Å². The van der Waals surface area contributed by atoms with Crippen molar-refractivity contribution in [2.75, 3.05) is 27.0 Å². The van der Waals surface area contributed by atoms with E-state index in [1.165, 1.54) is 0 Å². The first-order valence-electron chi connectivity index (χ1n) is 9.94. The molecule has 1 fully saturated rings. The van der Waals surface area contributed by atoms with Crippen molar-refractivity contribution in [1.29, 1.82) is 0 Å².